The molecule has 0 fully saturated rings. The van der Waals surface area contributed by atoms with Crippen molar-refractivity contribution in [1.82, 2.24) is 4.90 Å². The summed E-state index contributed by atoms with van der Waals surface area (Å²) in [5.41, 5.74) is 0.787. The predicted octanol–water partition coefficient (Wildman–Crippen LogP) is 2.22. The smallest absolute Gasteiger partial charge is 0.128 e. The number of benzene rings is 1. The first kappa shape index (κ1) is 13.5. The van der Waals surface area contributed by atoms with Crippen LogP contribution < -0.4 is 4.74 Å². The van der Waals surface area contributed by atoms with Crippen molar-refractivity contribution >= 4 is 6.21 Å². The molecule has 0 saturated heterocycles. The van der Waals surface area contributed by atoms with Gasteiger partial charge in [-0.1, -0.05) is 31.1 Å². The summed E-state index contributed by atoms with van der Waals surface area (Å²) in [7, 11) is 0. The maximum Gasteiger partial charge on any atom is 0.128 e. The normalized spacial score (nSPS) is 11.2. The third kappa shape index (κ3) is 4.44. The number of rotatable bonds is 7. The average molecular weight is 236 g/mol. The number of likely N-dealkylation sites (N-methyl/N-ethyl adjacent to an activating group) is 1. The van der Waals surface area contributed by atoms with Gasteiger partial charge in [-0.25, -0.2) is 0 Å². The first-order valence-electron chi connectivity index (χ1n) is 5.93. The highest BCUT2D eigenvalue weighted by molar-refractivity contribution is 5.82. The molecule has 4 heteroatoms. The van der Waals surface area contributed by atoms with Crippen LogP contribution in [0.15, 0.2) is 29.4 Å². The van der Waals surface area contributed by atoms with E-state index in [1.54, 1.807) is 0 Å². The molecule has 1 N–H and O–H groups in total. The summed E-state index contributed by atoms with van der Waals surface area (Å²) < 4.78 is 5.68. The van der Waals surface area contributed by atoms with E-state index in [9.17, 15) is 0 Å². The summed E-state index contributed by atoms with van der Waals surface area (Å²) in [6.45, 7) is 7.86. The summed E-state index contributed by atoms with van der Waals surface area (Å²) in [5.74, 6) is 0.748. The second-order valence-electron chi connectivity index (χ2n) is 3.66. The Morgan fingerprint density at radius 1 is 1.29 bits per heavy atom. The van der Waals surface area contributed by atoms with E-state index < -0.39 is 0 Å². The molecule has 1 aromatic rings. The summed E-state index contributed by atoms with van der Waals surface area (Å²) >= 11 is 0. The molecule has 0 aliphatic heterocycles. The van der Waals surface area contributed by atoms with Crippen molar-refractivity contribution in [3.8, 4) is 5.75 Å². The zero-order valence-electron chi connectivity index (χ0n) is 10.5. The van der Waals surface area contributed by atoms with Crippen molar-refractivity contribution in [3.05, 3.63) is 29.8 Å². The van der Waals surface area contributed by atoms with Gasteiger partial charge < -0.3 is 14.8 Å². The molecule has 94 valence electrons. The topological polar surface area (TPSA) is 45.1 Å². The van der Waals surface area contributed by atoms with Gasteiger partial charge in [-0.2, -0.15) is 0 Å². The van der Waals surface area contributed by atoms with Gasteiger partial charge in [0.25, 0.3) is 0 Å². The second kappa shape index (κ2) is 7.68. The van der Waals surface area contributed by atoms with Gasteiger partial charge in [0.15, 0.2) is 0 Å². The molecule has 0 unspecified atom stereocenters. The lowest BCUT2D eigenvalue weighted by molar-refractivity contribution is 0.222. The minimum atomic E-state index is 0.637. The van der Waals surface area contributed by atoms with Crippen LogP contribution in [-0.2, 0) is 0 Å². The van der Waals surface area contributed by atoms with E-state index in [-0.39, 0.29) is 0 Å². The second-order valence-corrected chi connectivity index (χ2v) is 3.66. The summed E-state index contributed by atoms with van der Waals surface area (Å²) in [5, 5.41) is 11.6. The van der Waals surface area contributed by atoms with Crippen molar-refractivity contribution < 1.29 is 9.94 Å². The van der Waals surface area contributed by atoms with Crippen LogP contribution in [0, 0.1) is 0 Å². The van der Waals surface area contributed by atoms with E-state index in [4.69, 9.17) is 9.94 Å². The monoisotopic (exact) mass is 236 g/mol. The lowest BCUT2D eigenvalue weighted by Crippen LogP contribution is -2.28. The zero-order valence-corrected chi connectivity index (χ0v) is 10.5. The lowest BCUT2D eigenvalue weighted by Gasteiger charge is -2.18. The first-order valence-corrected chi connectivity index (χ1v) is 5.93. The maximum atomic E-state index is 8.54. The molecule has 1 aromatic carbocycles. The number of hydrogen-bond donors (Lipinski definition) is 1. The first-order chi connectivity index (χ1) is 8.31. The fraction of sp³-hybridized carbons (Fsp3) is 0.462. The Kier molecular flexibility index (Phi) is 6.10. The molecule has 0 bridgehead atoms. The number of hydrogen-bond acceptors (Lipinski definition) is 4. The molecule has 0 aliphatic rings. The molecular formula is C13H20N2O2. The molecule has 0 spiro atoms. The Balaban J connectivity index is 2.51. The van der Waals surface area contributed by atoms with Crippen LogP contribution in [0.5, 0.6) is 5.75 Å². The Labute approximate surface area is 103 Å². The van der Waals surface area contributed by atoms with E-state index >= 15 is 0 Å². The van der Waals surface area contributed by atoms with Crippen LogP contribution in [0.25, 0.3) is 0 Å². The van der Waals surface area contributed by atoms with E-state index in [2.05, 4.69) is 23.9 Å². The maximum absolute atomic E-state index is 8.54. The highest BCUT2D eigenvalue weighted by Gasteiger charge is 2.02. The number of nitrogens with zero attached hydrogens (tertiary/aromatic N) is 2. The van der Waals surface area contributed by atoms with Crippen LogP contribution in [0.3, 0.4) is 0 Å². The third-order valence-corrected chi connectivity index (χ3v) is 2.68. The third-order valence-electron chi connectivity index (χ3n) is 2.68. The minimum Gasteiger partial charge on any atom is -0.492 e. The predicted molar refractivity (Wildman–Crippen MR) is 69.1 cm³/mol. The van der Waals surface area contributed by atoms with E-state index in [1.807, 2.05) is 24.3 Å². The summed E-state index contributed by atoms with van der Waals surface area (Å²) in [4.78, 5) is 2.29. The van der Waals surface area contributed by atoms with Crippen molar-refractivity contribution in [2.45, 2.75) is 13.8 Å². The Morgan fingerprint density at radius 3 is 2.65 bits per heavy atom. The van der Waals surface area contributed by atoms with Gasteiger partial charge in [0.05, 0.1) is 6.21 Å². The molecule has 0 heterocycles. The Bertz CT molecular complexity index is 349. The molecule has 0 saturated carbocycles. The molecule has 0 atom stereocenters. The van der Waals surface area contributed by atoms with Crippen molar-refractivity contribution in [2.75, 3.05) is 26.2 Å². The van der Waals surface area contributed by atoms with Crippen molar-refractivity contribution in [1.29, 1.82) is 0 Å². The number of oxime groups is 1. The van der Waals surface area contributed by atoms with E-state index in [1.165, 1.54) is 6.21 Å². The molecule has 0 radical (unpaired) electrons. The van der Waals surface area contributed by atoms with Gasteiger partial charge in [-0.05, 0) is 25.2 Å². The SMILES string of the molecule is CCN(CC)CCOc1ccccc1/C=N\O. The fourth-order valence-electron chi connectivity index (χ4n) is 1.61. The standard InChI is InChI=1S/C13H20N2O2/c1-3-15(4-2)9-10-17-13-8-6-5-7-12(13)11-14-16/h5-8,11,16H,3-4,9-10H2,1-2H3/b14-11-. The van der Waals surface area contributed by atoms with Crippen LogP contribution in [0.1, 0.15) is 19.4 Å². The van der Waals surface area contributed by atoms with Gasteiger partial charge in [0, 0.05) is 12.1 Å². The fourth-order valence-corrected chi connectivity index (χ4v) is 1.61. The summed E-state index contributed by atoms with van der Waals surface area (Å²) in [6, 6.07) is 7.52. The average Bonchev–Trinajstić information content (AvgIpc) is 2.37. The highest BCUT2D eigenvalue weighted by atomic mass is 16.5. The molecular weight excluding hydrogens is 216 g/mol. The number of ether oxygens (including phenoxy) is 1. The molecule has 4 nitrogen and oxygen atoms in total. The van der Waals surface area contributed by atoms with Gasteiger partial charge >= 0.3 is 0 Å². The van der Waals surface area contributed by atoms with Crippen LogP contribution in [-0.4, -0.2) is 42.6 Å². The largest absolute Gasteiger partial charge is 0.492 e. The molecule has 1 rings (SSSR count). The number of para-hydroxylation sites is 1. The van der Waals surface area contributed by atoms with Crippen LogP contribution in [0.2, 0.25) is 0 Å². The van der Waals surface area contributed by atoms with E-state index in [0.717, 1.165) is 30.9 Å². The van der Waals surface area contributed by atoms with Crippen LogP contribution in [0.4, 0.5) is 0 Å². The van der Waals surface area contributed by atoms with E-state index in [0.29, 0.717) is 6.61 Å². The molecule has 0 aromatic heterocycles. The Hall–Kier alpha value is -1.55. The van der Waals surface area contributed by atoms with Crippen molar-refractivity contribution in [2.24, 2.45) is 5.16 Å². The van der Waals surface area contributed by atoms with Gasteiger partial charge in [0.2, 0.25) is 0 Å². The zero-order chi connectivity index (χ0) is 12.5. The molecule has 0 amide bonds. The quantitative estimate of drug-likeness (QED) is 0.448. The minimum absolute atomic E-state index is 0.637. The molecule has 17 heavy (non-hydrogen) atoms. The van der Waals surface area contributed by atoms with Gasteiger partial charge in [-0.3, -0.25) is 0 Å². The lowest BCUT2D eigenvalue weighted by atomic mass is 10.2. The van der Waals surface area contributed by atoms with Gasteiger partial charge in [-0.15, -0.1) is 0 Å². The highest BCUT2D eigenvalue weighted by Crippen LogP contribution is 2.15. The van der Waals surface area contributed by atoms with Crippen LogP contribution >= 0.6 is 0 Å². The van der Waals surface area contributed by atoms with Gasteiger partial charge in [0.1, 0.15) is 12.4 Å². The van der Waals surface area contributed by atoms with Crippen molar-refractivity contribution in [3.63, 3.8) is 0 Å². The summed E-state index contributed by atoms with van der Waals surface area (Å²) in [6.07, 6.45) is 1.38. The molecule has 0 aliphatic carbocycles. The Morgan fingerprint density at radius 2 is 2.00 bits per heavy atom.